The van der Waals surface area contributed by atoms with Gasteiger partial charge in [0.1, 0.15) is 0 Å². The van der Waals surface area contributed by atoms with E-state index in [4.69, 9.17) is 0 Å². The summed E-state index contributed by atoms with van der Waals surface area (Å²) < 4.78 is 1.56. The highest BCUT2D eigenvalue weighted by Gasteiger charge is 2.16. The fourth-order valence-corrected chi connectivity index (χ4v) is 3.31. The first kappa shape index (κ1) is 17.6. The lowest BCUT2D eigenvalue weighted by molar-refractivity contribution is -0.384. The molecule has 0 saturated carbocycles. The molecule has 3 aromatic carbocycles. The van der Waals surface area contributed by atoms with Crippen LogP contribution in [0.25, 0.3) is 22.2 Å². The van der Waals surface area contributed by atoms with Crippen molar-refractivity contribution in [3.63, 3.8) is 0 Å². The van der Waals surface area contributed by atoms with Crippen LogP contribution in [0.3, 0.4) is 0 Å². The quantitative estimate of drug-likeness (QED) is 0.395. The molecule has 6 nitrogen and oxygen atoms in total. The maximum Gasteiger partial charge on any atom is 0.348 e. The summed E-state index contributed by atoms with van der Waals surface area (Å²) in [5, 5.41) is 11.9. The van der Waals surface area contributed by atoms with Crippen molar-refractivity contribution < 1.29 is 4.92 Å². The fraction of sp³-hybridized carbons (Fsp3) is 0.0909. The standard InChI is InChI=1S/C22H17N3O3/c1-15-7-5-6-10-17(15)14-24-20-12-11-18(25(27)28)13-19(20)21(23-22(24)26)16-8-3-2-4-9-16/h2-13H,14H2,1H3. The molecule has 0 unspecified atom stereocenters. The minimum Gasteiger partial charge on any atom is -0.287 e. The number of rotatable bonds is 4. The second-order valence-corrected chi connectivity index (χ2v) is 6.58. The summed E-state index contributed by atoms with van der Waals surface area (Å²) in [6.07, 6.45) is 0. The zero-order valence-corrected chi connectivity index (χ0v) is 15.2. The molecule has 0 spiro atoms. The second kappa shape index (κ2) is 7.08. The predicted molar refractivity (Wildman–Crippen MR) is 108 cm³/mol. The molecule has 0 aliphatic heterocycles. The number of non-ortho nitro benzene ring substituents is 1. The number of nitro benzene ring substituents is 1. The molecule has 0 aliphatic rings. The summed E-state index contributed by atoms with van der Waals surface area (Å²) in [6, 6.07) is 21.6. The van der Waals surface area contributed by atoms with Crippen molar-refractivity contribution in [2.75, 3.05) is 0 Å². The third-order valence-corrected chi connectivity index (χ3v) is 4.81. The van der Waals surface area contributed by atoms with Crippen molar-refractivity contribution in [2.24, 2.45) is 0 Å². The van der Waals surface area contributed by atoms with Crippen molar-refractivity contribution in [3.05, 3.63) is 105 Å². The van der Waals surface area contributed by atoms with Gasteiger partial charge in [-0.1, -0.05) is 54.6 Å². The van der Waals surface area contributed by atoms with E-state index in [1.807, 2.05) is 61.5 Å². The van der Waals surface area contributed by atoms with Gasteiger partial charge >= 0.3 is 5.69 Å². The van der Waals surface area contributed by atoms with Gasteiger partial charge in [-0.2, -0.15) is 4.98 Å². The van der Waals surface area contributed by atoms with E-state index in [1.165, 1.54) is 12.1 Å². The second-order valence-electron chi connectivity index (χ2n) is 6.58. The van der Waals surface area contributed by atoms with Gasteiger partial charge in [0.05, 0.1) is 22.7 Å². The Morgan fingerprint density at radius 2 is 1.71 bits per heavy atom. The number of aryl methyl sites for hydroxylation is 1. The fourth-order valence-electron chi connectivity index (χ4n) is 3.31. The molecule has 1 aromatic heterocycles. The van der Waals surface area contributed by atoms with Gasteiger partial charge in [0.2, 0.25) is 0 Å². The van der Waals surface area contributed by atoms with Crippen molar-refractivity contribution in [3.8, 4) is 11.3 Å². The number of aromatic nitrogens is 2. The Kier molecular flexibility index (Phi) is 4.45. The number of hydrogen-bond donors (Lipinski definition) is 0. The van der Waals surface area contributed by atoms with Crippen molar-refractivity contribution in [1.29, 1.82) is 0 Å². The maximum absolute atomic E-state index is 12.9. The van der Waals surface area contributed by atoms with Crippen LogP contribution in [0.5, 0.6) is 0 Å². The lowest BCUT2D eigenvalue weighted by atomic mass is 10.0. The Labute approximate surface area is 160 Å². The molecule has 1 heterocycles. The zero-order valence-electron chi connectivity index (χ0n) is 15.2. The van der Waals surface area contributed by atoms with E-state index in [2.05, 4.69) is 4.98 Å². The van der Waals surface area contributed by atoms with E-state index in [9.17, 15) is 14.9 Å². The number of nitro groups is 1. The first-order valence-electron chi connectivity index (χ1n) is 8.83. The van der Waals surface area contributed by atoms with Crippen LogP contribution in [0, 0.1) is 17.0 Å². The lowest BCUT2D eigenvalue weighted by Gasteiger charge is -2.14. The molecular weight excluding hydrogens is 354 g/mol. The molecule has 0 bridgehead atoms. The Morgan fingerprint density at radius 3 is 2.43 bits per heavy atom. The van der Waals surface area contributed by atoms with E-state index >= 15 is 0 Å². The smallest absolute Gasteiger partial charge is 0.287 e. The minimum absolute atomic E-state index is 0.0347. The molecule has 0 N–H and O–H groups in total. The number of benzene rings is 3. The summed E-state index contributed by atoms with van der Waals surface area (Å²) in [5.41, 5.74) is 3.46. The first-order valence-corrected chi connectivity index (χ1v) is 8.83. The lowest BCUT2D eigenvalue weighted by Crippen LogP contribution is -2.25. The van der Waals surface area contributed by atoms with Gasteiger partial charge in [0, 0.05) is 23.1 Å². The van der Waals surface area contributed by atoms with Crippen molar-refractivity contribution in [1.82, 2.24) is 9.55 Å². The summed E-state index contributed by atoms with van der Waals surface area (Å²) in [6.45, 7) is 2.33. The molecule has 28 heavy (non-hydrogen) atoms. The highest BCUT2D eigenvalue weighted by Crippen LogP contribution is 2.29. The van der Waals surface area contributed by atoms with Gasteiger partial charge in [-0.25, -0.2) is 4.79 Å². The summed E-state index contributed by atoms with van der Waals surface area (Å²) in [7, 11) is 0. The van der Waals surface area contributed by atoms with Gasteiger partial charge in [0.15, 0.2) is 0 Å². The van der Waals surface area contributed by atoms with E-state index < -0.39 is 4.92 Å². The van der Waals surface area contributed by atoms with Crippen LogP contribution >= 0.6 is 0 Å². The molecule has 0 aliphatic carbocycles. The average Bonchev–Trinajstić information content (AvgIpc) is 2.71. The zero-order chi connectivity index (χ0) is 19.7. The monoisotopic (exact) mass is 371 g/mol. The normalized spacial score (nSPS) is 10.9. The van der Waals surface area contributed by atoms with Crippen LogP contribution < -0.4 is 5.69 Å². The van der Waals surface area contributed by atoms with Crippen LogP contribution in [-0.4, -0.2) is 14.5 Å². The van der Waals surface area contributed by atoms with Crippen molar-refractivity contribution in [2.45, 2.75) is 13.5 Å². The van der Waals surface area contributed by atoms with E-state index in [0.717, 1.165) is 16.7 Å². The molecule has 138 valence electrons. The van der Waals surface area contributed by atoms with E-state index in [1.54, 1.807) is 10.6 Å². The van der Waals surface area contributed by atoms with Gasteiger partial charge in [-0.15, -0.1) is 0 Å². The van der Waals surface area contributed by atoms with Gasteiger partial charge in [-0.3, -0.25) is 14.7 Å². The largest absolute Gasteiger partial charge is 0.348 e. The van der Waals surface area contributed by atoms with Crippen LogP contribution in [0.2, 0.25) is 0 Å². The maximum atomic E-state index is 12.9. The van der Waals surface area contributed by atoms with Crippen LogP contribution in [-0.2, 0) is 6.54 Å². The molecule has 0 amide bonds. The molecule has 4 aromatic rings. The van der Waals surface area contributed by atoms with Crippen LogP contribution in [0.4, 0.5) is 5.69 Å². The molecular formula is C22H17N3O3. The molecule has 4 rings (SSSR count). The Balaban J connectivity index is 2.00. The Bertz CT molecular complexity index is 1250. The number of nitrogens with zero attached hydrogens (tertiary/aromatic N) is 3. The average molecular weight is 371 g/mol. The third kappa shape index (κ3) is 3.16. The van der Waals surface area contributed by atoms with Crippen LogP contribution in [0.15, 0.2) is 77.6 Å². The third-order valence-electron chi connectivity index (χ3n) is 4.81. The van der Waals surface area contributed by atoms with Crippen LogP contribution in [0.1, 0.15) is 11.1 Å². The van der Waals surface area contributed by atoms with Gasteiger partial charge < -0.3 is 0 Å². The molecule has 6 heteroatoms. The minimum atomic E-state index is -0.439. The summed E-state index contributed by atoms with van der Waals surface area (Å²) in [5.74, 6) is 0. The topological polar surface area (TPSA) is 78.0 Å². The highest BCUT2D eigenvalue weighted by atomic mass is 16.6. The molecule has 0 fully saturated rings. The number of fused-ring (bicyclic) bond motifs is 1. The Morgan fingerprint density at radius 1 is 1.00 bits per heavy atom. The highest BCUT2D eigenvalue weighted by molar-refractivity contribution is 5.93. The van der Waals surface area contributed by atoms with E-state index in [-0.39, 0.29) is 11.4 Å². The molecule has 0 saturated heterocycles. The number of hydrogen-bond acceptors (Lipinski definition) is 4. The Hall–Kier alpha value is -3.80. The van der Waals surface area contributed by atoms with Gasteiger partial charge in [0.25, 0.3) is 5.69 Å². The first-order chi connectivity index (χ1) is 13.5. The predicted octanol–water partition coefficient (Wildman–Crippen LogP) is 4.33. The van der Waals surface area contributed by atoms with Crippen molar-refractivity contribution >= 4 is 16.6 Å². The summed E-state index contributed by atoms with van der Waals surface area (Å²) in [4.78, 5) is 28.0. The molecule has 0 atom stereocenters. The van der Waals surface area contributed by atoms with E-state index in [0.29, 0.717) is 23.1 Å². The SMILES string of the molecule is Cc1ccccc1Cn1c(=O)nc(-c2ccccc2)c2cc([N+](=O)[O-])ccc21. The van der Waals surface area contributed by atoms with Gasteiger partial charge in [-0.05, 0) is 24.1 Å². The summed E-state index contributed by atoms with van der Waals surface area (Å²) >= 11 is 0. The molecule has 0 radical (unpaired) electrons.